The van der Waals surface area contributed by atoms with Crippen LogP contribution in [0.2, 0.25) is 0 Å². The molecule has 33 heavy (non-hydrogen) atoms. The monoisotopic (exact) mass is 439 g/mol. The van der Waals surface area contributed by atoms with Crippen LogP contribution in [-0.4, -0.2) is 19.8 Å². The second-order valence-electron chi connectivity index (χ2n) is 7.62. The van der Waals surface area contributed by atoms with Gasteiger partial charge >= 0.3 is 0 Å². The lowest BCUT2D eigenvalue weighted by Gasteiger charge is -2.12. The molecule has 0 aliphatic heterocycles. The average Bonchev–Trinajstić information content (AvgIpc) is 2.87. The van der Waals surface area contributed by atoms with Crippen molar-refractivity contribution in [2.75, 3.05) is 25.1 Å². The van der Waals surface area contributed by atoms with Crippen molar-refractivity contribution in [3.05, 3.63) is 120 Å². The average molecular weight is 440 g/mol. The summed E-state index contributed by atoms with van der Waals surface area (Å²) < 4.78 is 17.5. The van der Waals surface area contributed by atoms with Crippen LogP contribution in [0.15, 0.2) is 109 Å². The van der Waals surface area contributed by atoms with E-state index in [2.05, 4.69) is 41.7 Å². The van der Waals surface area contributed by atoms with Crippen LogP contribution in [0.4, 0.5) is 5.69 Å². The number of hydrogen-bond acceptors (Lipinski definition) is 4. The van der Waals surface area contributed by atoms with E-state index in [9.17, 15) is 0 Å². The van der Waals surface area contributed by atoms with Crippen LogP contribution in [0.1, 0.15) is 11.1 Å². The molecule has 0 unspecified atom stereocenters. The summed E-state index contributed by atoms with van der Waals surface area (Å²) >= 11 is 0. The molecule has 1 N–H and O–H groups in total. The Morgan fingerprint density at radius 1 is 0.485 bits per heavy atom. The number of ether oxygens (including phenoxy) is 3. The lowest BCUT2D eigenvalue weighted by molar-refractivity contribution is 0.217. The number of hydrogen-bond donors (Lipinski definition) is 1. The van der Waals surface area contributed by atoms with Crippen molar-refractivity contribution in [3.63, 3.8) is 0 Å². The van der Waals surface area contributed by atoms with Crippen LogP contribution >= 0.6 is 0 Å². The van der Waals surface area contributed by atoms with E-state index in [1.165, 1.54) is 5.56 Å². The number of para-hydroxylation sites is 1. The quantitative estimate of drug-likeness (QED) is 0.260. The largest absolute Gasteiger partial charge is 0.493 e. The highest BCUT2D eigenvalue weighted by atomic mass is 16.5. The number of anilines is 1. The molecular formula is C29H29NO3. The molecule has 4 aromatic rings. The third kappa shape index (κ3) is 7.62. The van der Waals surface area contributed by atoms with E-state index < -0.39 is 0 Å². The fourth-order valence-corrected chi connectivity index (χ4v) is 3.41. The van der Waals surface area contributed by atoms with Gasteiger partial charge in [0.1, 0.15) is 30.5 Å². The van der Waals surface area contributed by atoms with E-state index in [1.807, 2.05) is 72.8 Å². The van der Waals surface area contributed by atoms with Gasteiger partial charge in [-0.2, -0.15) is 0 Å². The van der Waals surface area contributed by atoms with E-state index in [-0.39, 0.29) is 0 Å². The zero-order valence-corrected chi connectivity index (χ0v) is 18.7. The van der Waals surface area contributed by atoms with Gasteiger partial charge < -0.3 is 19.5 Å². The Labute approximate surface area is 195 Å². The highest BCUT2D eigenvalue weighted by Gasteiger charge is 2.01. The van der Waals surface area contributed by atoms with Crippen LogP contribution in [0.3, 0.4) is 0 Å². The minimum absolute atomic E-state index is 0.494. The maximum absolute atomic E-state index is 5.94. The zero-order valence-electron chi connectivity index (χ0n) is 18.7. The van der Waals surface area contributed by atoms with Crippen LogP contribution in [-0.2, 0) is 13.0 Å². The molecule has 0 aliphatic rings. The molecule has 0 bridgehead atoms. The summed E-state index contributed by atoms with van der Waals surface area (Å²) in [5.41, 5.74) is 3.45. The predicted octanol–water partition coefficient (Wildman–Crippen LogP) is 6.38. The van der Waals surface area contributed by atoms with Crippen molar-refractivity contribution >= 4 is 5.69 Å². The lowest BCUT2D eigenvalue weighted by atomic mass is 10.2. The van der Waals surface area contributed by atoms with Gasteiger partial charge in [-0.1, -0.05) is 66.7 Å². The maximum atomic E-state index is 5.94. The molecule has 0 heterocycles. The molecule has 0 saturated heterocycles. The maximum Gasteiger partial charge on any atom is 0.122 e. The van der Waals surface area contributed by atoms with Crippen LogP contribution < -0.4 is 19.5 Å². The van der Waals surface area contributed by atoms with Crippen molar-refractivity contribution in [2.24, 2.45) is 0 Å². The first-order chi connectivity index (χ1) is 16.3. The summed E-state index contributed by atoms with van der Waals surface area (Å²) in [6.07, 6.45) is 0.891. The summed E-state index contributed by atoms with van der Waals surface area (Å²) in [6.45, 7) is 2.35. The molecule has 0 aromatic heterocycles. The van der Waals surface area contributed by atoms with Crippen molar-refractivity contribution in [1.29, 1.82) is 0 Å². The first kappa shape index (κ1) is 22.3. The fraction of sp³-hybridized carbons (Fsp3) is 0.172. The van der Waals surface area contributed by atoms with Gasteiger partial charge in [0, 0.05) is 24.7 Å². The first-order valence-corrected chi connectivity index (χ1v) is 11.3. The molecule has 0 saturated carbocycles. The summed E-state index contributed by atoms with van der Waals surface area (Å²) in [6, 6.07) is 36.3. The Morgan fingerprint density at radius 2 is 1.06 bits per heavy atom. The van der Waals surface area contributed by atoms with Crippen LogP contribution in [0.5, 0.6) is 17.2 Å². The zero-order chi connectivity index (χ0) is 22.6. The molecule has 0 radical (unpaired) electrons. The molecule has 4 nitrogen and oxygen atoms in total. The molecule has 0 aliphatic carbocycles. The fourth-order valence-electron chi connectivity index (χ4n) is 3.41. The van der Waals surface area contributed by atoms with Gasteiger partial charge in [-0.15, -0.1) is 0 Å². The highest BCUT2D eigenvalue weighted by Crippen LogP contribution is 2.20. The van der Waals surface area contributed by atoms with Gasteiger partial charge in [-0.3, -0.25) is 0 Å². The van der Waals surface area contributed by atoms with Crippen molar-refractivity contribution < 1.29 is 14.2 Å². The minimum Gasteiger partial charge on any atom is -0.493 e. The van der Waals surface area contributed by atoms with E-state index in [4.69, 9.17) is 14.2 Å². The normalized spacial score (nSPS) is 10.4. The van der Waals surface area contributed by atoms with Crippen LogP contribution in [0, 0.1) is 0 Å². The SMILES string of the molecule is c1ccc(CCOc2cccc(NCc3cccc(OCCOc4ccccc4)c3)c2)cc1. The van der Waals surface area contributed by atoms with Gasteiger partial charge in [-0.25, -0.2) is 0 Å². The topological polar surface area (TPSA) is 39.7 Å². The molecule has 0 fully saturated rings. The molecule has 4 rings (SSSR count). The standard InChI is InChI=1S/C29H29NO3/c1-3-9-24(10-4-1)17-18-31-29-16-8-12-26(22-29)30-23-25-11-7-15-28(21-25)33-20-19-32-27-13-5-2-6-14-27/h1-16,21-22,30H,17-20,23H2. The van der Waals surface area contributed by atoms with E-state index >= 15 is 0 Å². The van der Waals surface area contributed by atoms with Crippen molar-refractivity contribution in [3.8, 4) is 17.2 Å². The first-order valence-electron chi connectivity index (χ1n) is 11.3. The number of benzene rings is 4. The predicted molar refractivity (Wildman–Crippen MR) is 133 cm³/mol. The van der Waals surface area contributed by atoms with Gasteiger partial charge in [0.25, 0.3) is 0 Å². The van der Waals surface area contributed by atoms with Crippen LogP contribution in [0.25, 0.3) is 0 Å². The van der Waals surface area contributed by atoms with Crippen molar-refractivity contribution in [2.45, 2.75) is 13.0 Å². The Bertz CT molecular complexity index is 1100. The number of rotatable bonds is 12. The molecule has 4 aromatic carbocycles. The third-order valence-electron chi connectivity index (χ3n) is 5.10. The Kier molecular flexibility index (Phi) is 8.24. The van der Waals surface area contributed by atoms with E-state index in [0.29, 0.717) is 26.4 Å². The molecule has 0 amide bonds. The van der Waals surface area contributed by atoms with Gasteiger partial charge in [0.05, 0.1) is 6.61 Å². The summed E-state index contributed by atoms with van der Waals surface area (Å²) in [4.78, 5) is 0. The third-order valence-corrected chi connectivity index (χ3v) is 5.10. The number of nitrogens with one attached hydrogen (secondary N) is 1. The Hall–Kier alpha value is -3.92. The van der Waals surface area contributed by atoms with E-state index in [1.54, 1.807) is 0 Å². The molecular weight excluding hydrogens is 410 g/mol. The van der Waals surface area contributed by atoms with Crippen molar-refractivity contribution in [1.82, 2.24) is 0 Å². The molecule has 0 atom stereocenters. The smallest absolute Gasteiger partial charge is 0.122 e. The summed E-state index contributed by atoms with van der Waals surface area (Å²) in [5, 5.41) is 3.47. The Balaban J connectivity index is 1.21. The van der Waals surface area contributed by atoms with Gasteiger partial charge in [-0.05, 0) is 47.5 Å². The van der Waals surface area contributed by atoms with Gasteiger partial charge in [0.2, 0.25) is 0 Å². The molecule has 4 heteroatoms. The lowest BCUT2D eigenvalue weighted by Crippen LogP contribution is -2.09. The second-order valence-corrected chi connectivity index (χ2v) is 7.62. The minimum atomic E-state index is 0.494. The van der Waals surface area contributed by atoms with E-state index in [0.717, 1.165) is 34.9 Å². The second kappa shape index (κ2) is 12.2. The van der Waals surface area contributed by atoms with Gasteiger partial charge in [0.15, 0.2) is 0 Å². The summed E-state index contributed by atoms with van der Waals surface area (Å²) in [5.74, 6) is 2.56. The highest BCUT2D eigenvalue weighted by molar-refractivity contribution is 5.48. The molecule has 0 spiro atoms. The summed E-state index contributed by atoms with van der Waals surface area (Å²) in [7, 11) is 0. The Morgan fingerprint density at radius 3 is 1.85 bits per heavy atom. The molecule has 168 valence electrons.